The minimum Gasteiger partial charge on any atom is -0.393 e. The molecule has 0 amide bonds. The van der Waals surface area contributed by atoms with Crippen LogP contribution in [0.1, 0.15) is 12.8 Å². The van der Waals surface area contributed by atoms with Gasteiger partial charge in [0.15, 0.2) is 0 Å². The van der Waals surface area contributed by atoms with Crippen molar-refractivity contribution in [2.75, 3.05) is 5.32 Å². The largest absolute Gasteiger partial charge is 0.393 e. The van der Waals surface area contributed by atoms with Crippen LogP contribution in [0.3, 0.4) is 0 Å². The Morgan fingerprint density at radius 2 is 2.18 bits per heavy atom. The lowest BCUT2D eigenvalue weighted by Gasteiger charge is -2.32. The lowest BCUT2D eigenvalue weighted by molar-refractivity contribution is -0.384. The van der Waals surface area contributed by atoms with E-state index >= 15 is 0 Å². The first-order valence-electron chi connectivity index (χ1n) is 5.05. The van der Waals surface area contributed by atoms with Crippen molar-refractivity contribution in [1.29, 1.82) is 0 Å². The molecule has 0 unspecified atom stereocenters. The normalized spacial score (nSPS) is 23.0. The lowest BCUT2D eigenvalue weighted by atomic mass is 9.89. The SMILES string of the molecule is O=[N+]([O-])c1cc(F)c(Cl)cc1NC1CC(O)C1. The van der Waals surface area contributed by atoms with Gasteiger partial charge in [0.2, 0.25) is 0 Å². The van der Waals surface area contributed by atoms with Gasteiger partial charge in [0.05, 0.1) is 22.1 Å². The van der Waals surface area contributed by atoms with E-state index in [0.29, 0.717) is 12.8 Å². The second kappa shape index (κ2) is 4.46. The van der Waals surface area contributed by atoms with Gasteiger partial charge in [0.1, 0.15) is 11.5 Å². The van der Waals surface area contributed by atoms with Gasteiger partial charge in [-0.15, -0.1) is 0 Å². The van der Waals surface area contributed by atoms with E-state index in [1.54, 1.807) is 0 Å². The number of anilines is 1. The van der Waals surface area contributed by atoms with Crippen molar-refractivity contribution in [1.82, 2.24) is 0 Å². The fourth-order valence-corrected chi connectivity index (χ4v) is 1.89. The molecule has 0 aromatic heterocycles. The first-order valence-corrected chi connectivity index (χ1v) is 5.43. The van der Waals surface area contributed by atoms with E-state index in [-0.39, 0.29) is 28.5 Å². The van der Waals surface area contributed by atoms with Crippen LogP contribution in [0.25, 0.3) is 0 Å². The summed E-state index contributed by atoms with van der Waals surface area (Å²) in [4.78, 5) is 10.1. The van der Waals surface area contributed by atoms with Crippen molar-refractivity contribution in [3.05, 3.63) is 33.1 Å². The summed E-state index contributed by atoms with van der Waals surface area (Å²) >= 11 is 5.58. The lowest BCUT2D eigenvalue weighted by Crippen LogP contribution is -2.39. The number of benzene rings is 1. The van der Waals surface area contributed by atoms with Crippen LogP contribution in [-0.2, 0) is 0 Å². The van der Waals surface area contributed by atoms with Crippen molar-refractivity contribution in [3.63, 3.8) is 0 Å². The molecule has 0 saturated heterocycles. The maximum atomic E-state index is 13.1. The molecule has 0 bridgehead atoms. The third-order valence-electron chi connectivity index (χ3n) is 2.71. The number of nitrogens with one attached hydrogen (secondary N) is 1. The minimum absolute atomic E-state index is 0.0368. The summed E-state index contributed by atoms with van der Waals surface area (Å²) in [6.45, 7) is 0. The molecule has 0 spiro atoms. The molecule has 1 fully saturated rings. The molecule has 0 heterocycles. The van der Waals surface area contributed by atoms with Crippen LogP contribution in [0, 0.1) is 15.9 Å². The highest BCUT2D eigenvalue weighted by Gasteiger charge is 2.29. The maximum Gasteiger partial charge on any atom is 0.295 e. The van der Waals surface area contributed by atoms with Crippen molar-refractivity contribution in [2.24, 2.45) is 0 Å². The topological polar surface area (TPSA) is 75.4 Å². The average molecular weight is 261 g/mol. The van der Waals surface area contributed by atoms with E-state index in [1.165, 1.54) is 6.07 Å². The molecule has 5 nitrogen and oxygen atoms in total. The van der Waals surface area contributed by atoms with Gasteiger partial charge in [-0.05, 0) is 18.9 Å². The van der Waals surface area contributed by atoms with Gasteiger partial charge in [-0.1, -0.05) is 11.6 Å². The summed E-state index contributed by atoms with van der Waals surface area (Å²) in [5, 5.41) is 22.6. The standard InChI is InChI=1S/C10H10ClFN2O3/c11-7-3-9(13-5-1-6(15)2-5)10(14(16)17)4-8(7)12/h3-6,13,15H,1-2H2. The number of rotatable bonds is 3. The highest BCUT2D eigenvalue weighted by Crippen LogP contribution is 2.33. The number of halogens is 2. The highest BCUT2D eigenvalue weighted by molar-refractivity contribution is 6.31. The third kappa shape index (κ3) is 2.48. The van der Waals surface area contributed by atoms with Crippen molar-refractivity contribution >= 4 is 23.0 Å². The number of nitro benzene ring substituents is 1. The Bertz CT molecular complexity index is 463. The van der Waals surface area contributed by atoms with E-state index in [2.05, 4.69) is 5.32 Å². The predicted molar refractivity (Wildman–Crippen MR) is 60.7 cm³/mol. The minimum atomic E-state index is -0.822. The van der Waals surface area contributed by atoms with Crippen molar-refractivity contribution in [3.8, 4) is 0 Å². The monoisotopic (exact) mass is 260 g/mol. The van der Waals surface area contributed by atoms with Gasteiger partial charge < -0.3 is 10.4 Å². The van der Waals surface area contributed by atoms with Crippen LogP contribution in [0.15, 0.2) is 12.1 Å². The molecule has 17 heavy (non-hydrogen) atoms. The van der Waals surface area contributed by atoms with Gasteiger partial charge in [0, 0.05) is 6.04 Å². The molecule has 2 N–H and O–H groups in total. The molecule has 0 atom stereocenters. The molecule has 92 valence electrons. The number of nitro groups is 1. The Morgan fingerprint density at radius 1 is 1.53 bits per heavy atom. The molecule has 1 aromatic rings. The summed E-state index contributed by atoms with van der Waals surface area (Å²) in [5.74, 6) is -0.822. The second-order valence-corrected chi connectivity index (χ2v) is 4.41. The molecule has 1 aliphatic carbocycles. The fourth-order valence-electron chi connectivity index (χ4n) is 1.73. The summed E-state index contributed by atoms with van der Waals surface area (Å²) in [5.41, 5.74) is -0.174. The van der Waals surface area contributed by atoms with Gasteiger partial charge in [-0.2, -0.15) is 0 Å². The van der Waals surface area contributed by atoms with Gasteiger partial charge >= 0.3 is 0 Å². The van der Waals surface area contributed by atoms with Crippen LogP contribution in [0.4, 0.5) is 15.8 Å². The number of hydrogen-bond acceptors (Lipinski definition) is 4. The van der Waals surface area contributed by atoms with E-state index in [9.17, 15) is 14.5 Å². The number of aliphatic hydroxyl groups is 1. The van der Waals surface area contributed by atoms with Crippen LogP contribution in [0.2, 0.25) is 5.02 Å². The third-order valence-corrected chi connectivity index (χ3v) is 3.00. The van der Waals surface area contributed by atoms with Gasteiger partial charge in [-0.3, -0.25) is 10.1 Å². The second-order valence-electron chi connectivity index (χ2n) is 4.01. The summed E-state index contributed by atoms with van der Waals surface area (Å²) in [7, 11) is 0. The highest BCUT2D eigenvalue weighted by atomic mass is 35.5. The first kappa shape index (κ1) is 12.1. The Morgan fingerprint density at radius 3 is 2.71 bits per heavy atom. The zero-order valence-electron chi connectivity index (χ0n) is 8.69. The number of aliphatic hydroxyl groups excluding tert-OH is 1. The van der Waals surface area contributed by atoms with E-state index in [4.69, 9.17) is 16.7 Å². The quantitative estimate of drug-likeness (QED) is 0.646. The summed E-state index contributed by atoms with van der Waals surface area (Å²) in [6.07, 6.45) is 0.667. The zero-order valence-corrected chi connectivity index (χ0v) is 9.45. The smallest absolute Gasteiger partial charge is 0.295 e. The van der Waals surface area contributed by atoms with Crippen LogP contribution in [-0.4, -0.2) is 22.2 Å². The molecular formula is C10H10ClFN2O3. The van der Waals surface area contributed by atoms with E-state index < -0.39 is 10.7 Å². The molecule has 2 rings (SSSR count). The number of nitrogens with zero attached hydrogens (tertiary/aromatic N) is 1. The van der Waals surface area contributed by atoms with Crippen molar-refractivity contribution in [2.45, 2.75) is 25.0 Å². The van der Waals surface area contributed by atoms with Gasteiger partial charge in [-0.25, -0.2) is 4.39 Å². The molecule has 7 heteroatoms. The predicted octanol–water partition coefficient (Wildman–Crippen LogP) is 2.32. The Labute approximate surface area is 101 Å². The molecule has 0 aliphatic heterocycles. The van der Waals surface area contributed by atoms with Gasteiger partial charge in [0.25, 0.3) is 5.69 Å². The van der Waals surface area contributed by atoms with Crippen molar-refractivity contribution < 1.29 is 14.4 Å². The summed E-state index contributed by atoms with van der Waals surface area (Å²) < 4.78 is 13.1. The fraction of sp³-hybridized carbons (Fsp3) is 0.400. The molecule has 0 radical (unpaired) electrons. The molecular weight excluding hydrogens is 251 g/mol. The Kier molecular flexibility index (Phi) is 3.17. The van der Waals surface area contributed by atoms with Crippen LogP contribution in [0.5, 0.6) is 0 Å². The zero-order chi connectivity index (χ0) is 12.6. The summed E-state index contributed by atoms with van der Waals surface area (Å²) in [6, 6.07) is 1.95. The Hall–Kier alpha value is -1.40. The van der Waals surface area contributed by atoms with Crippen LogP contribution >= 0.6 is 11.6 Å². The molecule has 1 saturated carbocycles. The maximum absolute atomic E-state index is 13.1. The molecule has 1 aliphatic rings. The number of hydrogen-bond donors (Lipinski definition) is 2. The van der Waals surface area contributed by atoms with E-state index in [0.717, 1.165) is 6.07 Å². The van der Waals surface area contributed by atoms with E-state index in [1.807, 2.05) is 0 Å². The average Bonchev–Trinajstić information content (AvgIpc) is 2.20. The molecule has 1 aromatic carbocycles. The van der Waals surface area contributed by atoms with Crippen LogP contribution < -0.4 is 5.32 Å². The first-order chi connectivity index (χ1) is 7.97. The Balaban J connectivity index is 2.25.